The van der Waals surface area contributed by atoms with E-state index in [0.29, 0.717) is 5.75 Å². The van der Waals surface area contributed by atoms with Crippen molar-refractivity contribution in [1.82, 2.24) is 14.8 Å². The Bertz CT molecular complexity index is 735. The number of rotatable bonds is 4. The summed E-state index contributed by atoms with van der Waals surface area (Å²) in [4.78, 5) is 16.2. The van der Waals surface area contributed by atoms with Gasteiger partial charge in [-0.05, 0) is 24.3 Å². The van der Waals surface area contributed by atoms with Crippen LogP contribution in [0.1, 0.15) is 5.69 Å². The molecule has 0 amide bonds. The third kappa shape index (κ3) is 2.83. The van der Waals surface area contributed by atoms with Gasteiger partial charge < -0.3 is 0 Å². The summed E-state index contributed by atoms with van der Waals surface area (Å²) >= 11 is 1.60. The van der Waals surface area contributed by atoms with E-state index in [9.17, 15) is 4.79 Å². The van der Waals surface area contributed by atoms with Crippen LogP contribution in [0.2, 0.25) is 0 Å². The van der Waals surface area contributed by atoms with Gasteiger partial charge in [0.2, 0.25) is 0 Å². The Morgan fingerprint density at radius 1 is 1.10 bits per heavy atom. The van der Waals surface area contributed by atoms with Crippen LogP contribution in [0, 0.1) is 0 Å². The molecule has 0 radical (unpaired) electrons. The van der Waals surface area contributed by atoms with Crippen LogP contribution in [0.5, 0.6) is 0 Å². The van der Waals surface area contributed by atoms with Crippen molar-refractivity contribution in [2.75, 3.05) is 0 Å². The Labute approximate surface area is 120 Å². The molecule has 0 atom stereocenters. The second-order valence-corrected chi connectivity index (χ2v) is 5.24. The summed E-state index contributed by atoms with van der Waals surface area (Å²) in [7, 11) is 0. The van der Waals surface area contributed by atoms with E-state index in [1.165, 1.54) is 0 Å². The summed E-state index contributed by atoms with van der Waals surface area (Å²) in [6.07, 6.45) is 1.76. The lowest BCUT2D eigenvalue weighted by Gasteiger charge is -2.01. The lowest BCUT2D eigenvalue weighted by Crippen LogP contribution is -2.12. The first-order chi connectivity index (χ1) is 9.83. The number of aromatic nitrogens is 3. The van der Waals surface area contributed by atoms with Crippen LogP contribution in [0.3, 0.4) is 0 Å². The van der Waals surface area contributed by atoms with Gasteiger partial charge in [0.25, 0.3) is 5.56 Å². The normalized spacial score (nSPS) is 10.6. The highest BCUT2D eigenvalue weighted by Crippen LogP contribution is 2.18. The van der Waals surface area contributed by atoms with Crippen molar-refractivity contribution < 1.29 is 0 Å². The largest absolute Gasteiger partial charge is 0.294 e. The predicted molar refractivity (Wildman–Crippen MR) is 80.2 cm³/mol. The van der Waals surface area contributed by atoms with Gasteiger partial charge in [0, 0.05) is 23.7 Å². The zero-order valence-electron chi connectivity index (χ0n) is 10.7. The summed E-state index contributed by atoms with van der Waals surface area (Å²) < 4.78 is 1.55. The maximum absolute atomic E-state index is 12.0. The molecule has 2 aromatic heterocycles. The second-order valence-electron chi connectivity index (χ2n) is 4.25. The molecule has 0 unspecified atom stereocenters. The lowest BCUT2D eigenvalue weighted by molar-refractivity contribution is 0.833. The van der Waals surface area contributed by atoms with E-state index in [-0.39, 0.29) is 5.56 Å². The average molecular weight is 283 g/mol. The van der Waals surface area contributed by atoms with Crippen molar-refractivity contribution in [1.29, 1.82) is 0 Å². The molecule has 0 aliphatic heterocycles. The van der Waals surface area contributed by atoms with E-state index >= 15 is 0 Å². The SMILES string of the molecule is O=c1cc(CSc2ccccn2)[nH]n1-c1ccccc1. The molecule has 1 N–H and O–H groups in total. The van der Waals surface area contributed by atoms with E-state index in [4.69, 9.17) is 0 Å². The van der Waals surface area contributed by atoms with Crippen LogP contribution in [-0.4, -0.2) is 14.8 Å². The molecule has 100 valence electrons. The first-order valence-electron chi connectivity index (χ1n) is 6.23. The van der Waals surface area contributed by atoms with Crippen LogP contribution >= 0.6 is 11.8 Å². The predicted octanol–water partition coefficient (Wildman–Crippen LogP) is 2.85. The van der Waals surface area contributed by atoms with Crippen molar-refractivity contribution in [3.05, 3.63) is 76.8 Å². The van der Waals surface area contributed by atoms with Crippen LogP contribution in [0.25, 0.3) is 5.69 Å². The molecule has 5 heteroatoms. The molecule has 1 aromatic carbocycles. The molecule has 0 aliphatic rings. The average Bonchev–Trinajstić information content (AvgIpc) is 2.88. The highest BCUT2D eigenvalue weighted by Gasteiger charge is 2.05. The third-order valence-electron chi connectivity index (χ3n) is 2.80. The van der Waals surface area contributed by atoms with Gasteiger partial charge in [-0.15, -0.1) is 11.8 Å². The minimum atomic E-state index is -0.0483. The Balaban J connectivity index is 1.78. The molecule has 3 rings (SSSR count). The summed E-state index contributed by atoms with van der Waals surface area (Å²) in [5.41, 5.74) is 1.67. The number of nitrogens with one attached hydrogen (secondary N) is 1. The maximum Gasteiger partial charge on any atom is 0.271 e. The standard InChI is InChI=1S/C15H13N3OS/c19-15-10-12(11-20-14-8-4-5-9-16-14)17-18(15)13-6-2-1-3-7-13/h1-10,17H,11H2. The van der Waals surface area contributed by atoms with E-state index in [1.807, 2.05) is 48.5 Å². The molecule has 0 aliphatic carbocycles. The Kier molecular flexibility index (Phi) is 3.69. The number of pyridine rings is 1. The first-order valence-corrected chi connectivity index (χ1v) is 7.22. The molecular formula is C15H13N3OS. The molecule has 0 spiro atoms. The Morgan fingerprint density at radius 2 is 1.90 bits per heavy atom. The fraction of sp³-hybridized carbons (Fsp3) is 0.0667. The molecule has 3 aromatic rings. The van der Waals surface area contributed by atoms with Crippen LogP contribution in [0.15, 0.2) is 70.6 Å². The van der Waals surface area contributed by atoms with E-state index in [2.05, 4.69) is 10.1 Å². The minimum Gasteiger partial charge on any atom is -0.294 e. The molecule has 20 heavy (non-hydrogen) atoms. The van der Waals surface area contributed by atoms with Gasteiger partial charge in [0.05, 0.1) is 10.7 Å². The zero-order valence-corrected chi connectivity index (χ0v) is 11.5. The maximum atomic E-state index is 12.0. The van der Waals surface area contributed by atoms with Gasteiger partial charge in [-0.3, -0.25) is 9.89 Å². The zero-order chi connectivity index (χ0) is 13.8. The van der Waals surface area contributed by atoms with Crippen LogP contribution in [-0.2, 0) is 5.75 Å². The van der Waals surface area contributed by atoms with Crippen LogP contribution < -0.4 is 5.56 Å². The number of H-pyrrole nitrogens is 1. The monoisotopic (exact) mass is 283 g/mol. The quantitative estimate of drug-likeness (QED) is 0.749. The smallest absolute Gasteiger partial charge is 0.271 e. The van der Waals surface area contributed by atoms with Crippen molar-refractivity contribution in [3.8, 4) is 5.69 Å². The molecule has 0 fully saturated rings. The molecule has 4 nitrogen and oxygen atoms in total. The second kappa shape index (κ2) is 5.79. The molecule has 2 heterocycles. The number of aromatic amines is 1. The Morgan fingerprint density at radius 3 is 2.65 bits per heavy atom. The number of thioether (sulfide) groups is 1. The number of para-hydroxylation sites is 1. The van der Waals surface area contributed by atoms with E-state index in [0.717, 1.165) is 16.4 Å². The van der Waals surface area contributed by atoms with Gasteiger partial charge in [0.15, 0.2) is 0 Å². The molecular weight excluding hydrogens is 270 g/mol. The topological polar surface area (TPSA) is 50.7 Å². The van der Waals surface area contributed by atoms with Gasteiger partial charge >= 0.3 is 0 Å². The van der Waals surface area contributed by atoms with Crippen molar-refractivity contribution in [2.24, 2.45) is 0 Å². The first kappa shape index (κ1) is 12.7. The fourth-order valence-electron chi connectivity index (χ4n) is 1.87. The lowest BCUT2D eigenvalue weighted by atomic mass is 10.3. The third-order valence-corrected chi connectivity index (χ3v) is 3.79. The van der Waals surface area contributed by atoms with Gasteiger partial charge in [-0.25, -0.2) is 9.67 Å². The molecule has 0 bridgehead atoms. The molecule has 0 saturated carbocycles. The fourth-order valence-corrected chi connectivity index (χ4v) is 2.63. The Hall–Kier alpha value is -2.27. The van der Waals surface area contributed by atoms with Gasteiger partial charge in [-0.2, -0.15) is 0 Å². The number of nitrogens with zero attached hydrogens (tertiary/aromatic N) is 2. The number of benzene rings is 1. The van der Waals surface area contributed by atoms with Crippen molar-refractivity contribution >= 4 is 11.8 Å². The highest BCUT2D eigenvalue weighted by atomic mass is 32.2. The van der Waals surface area contributed by atoms with Crippen LogP contribution in [0.4, 0.5) is 0 Å². The summed E-state index contributed by atoms with van der Waals surface area (Å²) in [5, 5.41) is 4.07. The highest BCUT2D eigenvalue weighted by molar-refractivity contribution is 7.98. The van der Waals surface area contributed by atoms with E-state index in [1.54, 1.807) is 28.7 Å². The minimum absolute atomic E-state index is 0.0483. The number of hydrogen-bond acceptors (Lipinski definition) is 3. The number of hydrogen-bond donors (Lipinski definition) is 1. The van der Waals surface area contributed by atoms with Gasteiger partial charge in [0.1, 0.15) is 0 Å². The molecule has 0 saturated heterocycles. The van der Waals surface area contributed by atoms with Gasteiger partial charge in [-0.1, -0.05) is 24.3 Å². The van der Waals surface area contributed by atoms with E-state index < -0.39 is 0 Å². The summed E-state index contributed by atoms with van der Waals surface area (Å²) in [6, 6.07) is 17.0. The van der Waals surface area contributed by atoms with Crippen molar-refractivity contribution in [3.63, 3.8) is 0 Å². The summed E-state index contributed by atoms with van der Waals surface area (Å²) in [6.45, 7) is 0. The summed E-state index contributed by atoms with van der Waals surface area (Å²) in [5.74, 6) is 0.687. The van der Waals surface area contributed by atoms with Crippen molar-refractivity contribution in [2.45, 2.75) is 10.8 Å².